The third kappa shape index (κ3) is 4.38. The van der Waals surface area contributed by atoms with Crippen molar-refractivity contribution in [2.75, 3.05) is 23.3 Å². The van der Waals surface area contributed by atoms with Gasteiger partial charge in [-0.05, 0) is 47.9 Å². The highest BCUT2D eigenvalue weighted by Crippen LogP contribution is 2.30. The number of nitrogens with zero attached hydrogens (tertiary/aromatic N) is 3. The van der Waals surface area contributed by atoms with Gasteiger partial charge in [0.25, 0.3) is 11.6 Å². The van der Waals surface area contributed by atoms with Crippen LogP contribution in [0.5, 0.6) is 0 Å². The third-order valence-electron chi connectivity index (χ3n) is 5.34. The van der Waals surface area contributed by atoms with Crippen LogP contribution in [0.1, 0.15) is 18.4 Å². The summed E-state index contributed by atoms with van der Waals surface area (Å²) in [6, 6.07) is 19.8. The molecule has 7 heteroatoms. The average Bonchev–Trinajstić information content (AvgIpc) is 3.31. The van der Waals surface area contributed by atoms with Crippen LogP contribution in [0.15, 0.2) is 66.2 Å². The molecular weight excluding hydrogens is 392 g/mol. The van der Waals surface area contributed by atoms with Crippen LogP contribution < -0.4 is 10.2 Å². The Balaban J connectivity index is 1.66. The second-order valence-electron chi connectivity index (χ2n) is 7.38. The number of fused-ring (bicyclic) bond motifs is 1. The van der Waals surface area contributed by atoms with Gasteiger partial charge in [0.05, 0.1) is 4.92 Å². The van der Waals surface area contributed by atoms with Gasteiger partial charge in [0, 0.05) is 42.2 Å². The fourth-order valence-electron chi connectivity index (χ4n) is 3.79. The summed E-state index contributed by atoms with van der Waals surface area (Å²) in [4.78, 5) is 25.7. The molecule has 0 spiro atoms. The smallest absolute Gasteiger partial charge is 0.270 e. The first-order valence-corrected chi connectivity index (χ1v) is 10.0. The highest BCUT2D eigenvalue weighted by Gasteiger charge is 2.19. The Morgan fingerprint density at radius 1 is 1.06 bits per heavy atom. The number of anilines is 2. The number of hydrogen-bond donors (Lipinski definition) is 1. The minimum absolute atomic E-state index is 0.0820. The Bertz CT molecular complexity index is 1240. The van der Waals surface area contributed by atoms with Crippen LogP contribution in [0.2, 0.25) is 0 Å². The zero-order chi connectivity index (χ0) is 21.8. The Labute approximate surface area is 179 Å². The molecule has 7 nitrogen and oxygen atoms in total. The van der Waals surface area contributed by atoms with E-state index in [2.05, 4.69) is 10.2 Å². The van der Waals surface area contributed by atoms with E-state index in [0.29, 0.717) is 11.3 Å². The number of non-ortho nitro benzene ring substituents is 1. The molecule has 4 rings (SSSR count). The van der Waals surface area contributed by atoms with E-state index in [9.17, 15) is 20.2 Å². The molecular formula is C24H20N4O3. The monoisotopic (exact) mass is 412 g/mol. The number of nitro benzene ring substituents is 1. The minimum atomic E-state index is -0.559. The maximum Gasteiger partial charge on any atom is 0.270 e. The lowest BCUT2D eigenvalue weighted by atomic mass is 10.1. The van der Waals surface area contributed by atoms with Crippen LogP contribution in [0.25, 0.3) is 16.8 Å². The van der Waals surface area contributed by atoms with Crippen LogP contribution in [0.4, 0.5) is 17.1 Å². The highest BCUT2D eigenvalue weighted by atomic mass is 16.6. The third-order valence-corrected chi connectivity index (χ3v) is 5.34. The predicted molar refractivity (Wildman–Crippen MR) is 121 cm³/mol. The van der Waals surface area contributed by atoms with E-state index < -0.39 is 10.8 Å². The summed E-state index contributed by atoms with van der Waals surface area (Å²) in [6.07, 6.45) is 3.50. The number of amides is 1. The first-order valence-electron chi connectivity index (χ1n) is 10.0. The van der Waals surface area contributed by atoms with Crippen LogP contribution in [-0.4, -0.2) is 23.9 Å². The molecule has 1 N–H and O–H groups in total. The lowest BCUT2D eigenvalue weighted by Crippen LogP contribution is -2.19. The van der Waals surface area contributed by atoms with Gasteiger partial charge in [0.2, 0.25) is 0 Å². The summed E-state index contributed by atoms with van der Waals surface area (Å²) in [5, 5.41) is 25.6. The van der Waals surface area contributed by atoms with E-state index in [1.807, 2.05) is 42.5 Å². The number of nitriles is 1. The molecule has 0 aromatic heterocycles. The summed E-state index contributed by atoms with van der Waals surface area (Å²) in [5.74, 6) is -0.559. The van der Waals surface area contributed by atoms with Gasteiger partial charge < -0.3 is 10.2 Å². The highest BCUT2D eigenvalue weighted by molar-refractivity contribution is 6.10. The van der Waals surface area contributed by atoms with Gasteiger partial charge >= 0.3 is 0 Å². The molecule has 0 saturated carbocycles. The van der Waals surface area contributed by atoms with Crippen LogP contribution in [0, 0.1) is 21.4 Å². The Kier molecular flexibility index (Phi) is 5.63. The molecule has 0 unspecified atom stereocenters. The molecule has 1 fully saturated rings. The van der Waals surface area contributed by atoms with Gasteiger partial charge in [-0.1, -0.05) is 30.3 Å². The van der Waals surface area contributed by atoms with E-state index >= 15 is 0 Å². The number of nitrogens with one attached hydrogen (secondary N) is 1. The summed E-state index contributed by atoms with van der Waals surface area (Å²) >= 11 is 0. The quantitative estimate of drug-likeness (QED) is 0.278. The topological polar surface area (TPSA) is 99.3 Å². The number of hydrogen-bond acceptors (Lipinski definition) is 5. The summed E-state index contributed by atoms with van der Waals surface area (Å²) < 4.78 is 0. The van der Waals surface area contributed by atoms with E-state index in [-0.39, 0.29) is 11.3 Å². The number of nitro groups is 1. The molecule has 154 valence electrons. The Hall–Kier alpha value is -4.18. The fourth-order valence-corrected chi connectivity index (χ4v) is 3.79. The second-order valence-corrected chi connectivity index (χ2v) is 7.38. The molecule has 1 saturated heterocycles. The largest absolute Gasteiger partial charge is 0.371 e. The molecule has 1 amide bonds. The maximum atomic E-state index is 12.8. The summed E-state index contributed by atoms with van der Waals surface area (Å²) in [6.45, 7) is 1.67. The fraction of sp³-hybridized carbons (Fsp3) is 0.167. The van der Waals surface area contributed by atoms with Crippen LogP contribution in [-0.2, 0) is 4.79 Å². The molecule has 1 heterocycles. The predicted octanol–water partition coefficient (Wildman–Crippen LogP) is 4.89. The van der Waals surface area contributed by atoms with Gasteiger partial charge in [-0.3, -0.25) is 14.9 Å². The van der Waals surface area contributed by atoms with Gasteiger partial charge in [0.1, 0.15) is 11.6 Å². The van der Waals surface area contributed by atoms with Crippen molar-refractivity contribution in [2.24, 2.45) is 0 Å². The Morgan fingerprint density at radius 2 is 1.81 bits per heavy atom. The first-order chi connectivity index (χ1) is 15.0. The van der Waals surface area contributed by atoms with Crippen molar-refractivity contribution < 1.29 is 9.72 Å². The molecule has 31 heavy (non-hydrogen) atoms. The molecule has 0 radical (unpaired) electrons. The number of benzene rings is 3. The molecule has 0 atom stereocenters. The zero-order valence-electron chi connectivity index (χ0n) is 16.7. The Morgan fingerprint density at radius 3 is 2.52 bits per heavy atom. The average molecular weight is 412 g/mol. The molecule has 0 bridgehead atoms. The number of carbonyl (C=O) groups excluding carboxylic acids is 1. The van der Waals surface area contributed by atoms with Crippen molar-refractivity contribution >= 4 is 39.8 Å². The molecule has 1 aliphatic rings. The van der Waals surface area contributed by atoms with Gasteiger partial charge in [-0.25, -0.2) is 0 Å². The van der Waals surface area contributed by atoms with Crippen molar-refractivity contribution in [3.63, 3.8) is 0 Å². The molecule has 1 aliphatic heterocycles. The van der Waals surface area contributed by atoms with Crippen molar-refractivity contribution in [1.29, 1.82) is 5.26 Å². The first kappa shape index (κ1) is 20.1. The van der Waals surface area contributed by atoms with Crippen molar-refractivity contribution in [3.05, 3.63) is 81.9 Å². The van der Waals surface area contributed by atoms with E-state index in [1.54, 1.807) is 12.1 Å². The molecule has 3 aromatic carbocycles. The van der Waals surface area contributed by atoms with Crippen LogP contribution >= 0.6 is 0 Å². The van der Waals surface area contributed by atoms with Gasteiger partial charge in [-0.2, -0.15) is 5.26 Å². The summed E-state index contributed by atoms with van der Waals surface area (Å²) in [7, 11) is 0. The number of carbonyl (C=O) groups is 1. The lowest BCUT2D eigenvalue weighted by Gasteiger charge is -2.20. The van der Waals surface area contributed by atoms with Crippen molar-refractivity contribution in [3.8, 4) is 6.07 Å². The minimum Gasteiger partial charge on any atom is -0.371 e. The molecule has 3 aromatic rings. The van der Waals surface area contributed by atoms with E-state index in [4.69, 9.17) is 0 Å². The van der Waals surface area contributed by atoms with E-state index in [0.717, 1.165) is 42.4 Å². The number of rotatable bonds is 5. The lowest BCUT2D eigenvalue weighted by molar-refractivity contribution is -0.384. The SMILES string of the molecule is N#CC(=Cc1cc([N+](=O)[O-])ccc1N1CCCC1)C(=O)Nc1ccc2ccccc2c1. The van der Waals surface area contributed by atoms with Crippen molar-refractivity contribution in [2.45, 2.75) is 12.8 Å². The molecule has 0 aliphatic carbocycles. The second kappa shape index (κ2) is 8.67. The summed E-state index contributed by atoms with van der Waals surface area (Å²) in [5.41, 5.74) is 1.65. The van der Waals surface area contributed by atoms with Crippen LogP contribution in [0.3, 0.4) is 0 Å². The maximum absolute atomic E-state index is 12.8. The zero-order valence-corrected chi connectivity index (χ0v) is 16.7. The standard InChI is InChI=1S/C24H20N4O3/c25-16-20(24(29)26-21-8-7-17-5-1-2-6-18(17)14-21)13-19-15-22(28(30)31)9-10-23(19)27-11-3-4-12-27/h1-2,5-10,13-15H,3-4,11-12H2,(H,26,29). The normalized spacial score (nSPS) is 13.8. The van der Waals surface area contributed by atoms with Crippen molar-refractivity contribution in [1.82, 2.24) is 0 Å². The van der Waals surface area contributed by atoms with E-state index in [1.165, 1.54) is 18.2 Å². The van der Waals surface area contributed by atoms with Gasteiger partial charge in [-0.15, -0.1) is 0 Å². The van der Waals surface area contributed by atoms with Gasteiger partial charge in [0.15, 0.2) is 0 Å².